The molecule has 1 aliphatic rings. The second kappa shape index (κ2) is 6.27. The molecule has 0 aliphatic carbocycles. The third kappa shape index (κ3) is 3.48. The van der Waals surface area contributed by atoms with Crippen molar-refractivity contribution >= 4 is 17.7 Å². The van der Waals surface area contributed by atoms with E-state index in [-0.39, 0.29) is 17.6 Å². The number of unbranched alkanes of at least 4 members (excludes halogenated alkanes) is 1. The molecule has 1 fully saturated rings. The molecule has 2 unspecified atom stereocenters. The molecule has 2 atom stereocenters. The van der Waals surface area contributed by atoms with Crippen LogP contribution in [-0.2, 0) is 14.3 Å². The van der Waals surface area contributed by atoms with Crippen molar-refractivity contribution in [3.05, 3.63) is 0 Å². The fraction of sp³-hybridized carbons (Fsp3) is 0.889. The Morgan fingerprint density at radius 1 is 1.64 bits per heavy atom. The molecule has 0 aromatic heterocycles. The summed E-state index contributed by atoms with van der Waals surface area (Å²) >= 11 is 1.61. The minimum absolute atomic E-state index is 0.0503. The standard InChI is InChI=1S/C9H17NO3S/c1-3-4-5-13-9-10-7(6-14-9)8(11)12-2/h7,9-10H,3-6H2,1-2H3. The highest BCUT2D eigenvalue weighted by Gasteiger charge is 2.30. The number of carbonyl (C=O) groups is 1. The van der Waals surface area contributed by atoms with E-state index in [1.54, 1.807) is 11.8 Å². The zero-order chi connectivity index (χ0) is 10.4. The van der Waals surface area contributed by atoms with E-state index in [0.717, 1.165) is 25.2 Å². The maximum absolute atomic E-state index is 11.1. The van der Waals surface area contributed by atoms with Crippen molar-refractivity contribution in [1.29, 1.82) is 0 Å². The molecule has 0 saturated carbocycles. The van der Waals surface area contributed by atoms with Crippen LogP contribution in [0, 0.1) is 0 Å². The Kier molecular flexibility index (Phi) is 5.29. The van der Waals surface area contributed by atoms with Crippen LogP contribution in [0.2, 0.25) is 0 Å². The molecule has 14 heavy (non-hydrogen) atoms. The van der Waals surface area contributed by atoms with Crippen LogP contribution in [-0.4, -0.2) is 37.0 Å². The Hall–Kier alpha value is -0.260. The van der Waals surface area contributed by atoms with Crippen molar-refractivity contribution in [1.82, 2.24) is 5.32 Å². The Labute approximate surface area is 88.7 Å². The van der Waals surface area contributed by atoms with Crippen molar-refractivity contribution < 1.29 is 14.3 Å². The topological polar surface area (TPSA) is 47.6 Å². The van der Waals surface area contributed by atoms with Crippen LogP contribution >= 0.6 is 11.8 Å². The smallest absolute Gasteiger partial charge is 0.323 e. The molecule has 5 heteroatoms. The molecular formula is C9H17NO3S. The molecule has 1 saturated heterocycles. The normalized spacial score (nSPS) is 26.4. The summed E-state index contributed by atoms with van der Waals surface area (Å²) in [5.74, 6) is 0.516. The number of nitrogens with one attached hydrogen (secondary N) is 1. The van der Waals surface area contributed by atoms with Crippen LogP contribution in [0.15, 0.2) is 0 Å². The molecule has 0 radical (unpaired) electrons. The quantitative estimate of drug-likeness (QED) is 0.551. The van der Waals surface area contributed by atoms with Gasteiger partial charge in [0.25, 0.3) is 0 Å². The number of thioether (sulfide) groups is 1. The van der Waals surface area contributed by atoms with Gasteiger partial charge >= 0.3 is 5.97 Å². The molecule has 0 aromatic rings. The number of esters is 1. The minimum atomic E-state index is -0.211. The third-order valence-corrected chi connectivity index (χ3v) is 3.11. The molecule has 82 valence electrons. The number of methoxy groups -OCH3 is 1. The van der Waals surface area contributed by atoms with Crippen molar-refractivity contribution in [3.8, 4) is 0 Å². The molecule has 0 amide bonds. The van der Waals surface area contributed by atoms with Gasteiger partial charge in [-0.3, -0.25) is 10.1 Å². The largest absolute Gasteiger partial charge is 0.468 e. The van der Waals surface area contributed by atoms with Crippen molar-refractivity contribution in [3.63, 3.8) is 0 Å². The van der Waals surface area contributed by atoms with Gasteiger partial charge in [0.05, 0.1) is 7.11 Å². The first kappa shape index (κ1) is 11.8. The highest BCUT2D eigenvalue weighted by Crippen LogP contribution is 2.20. The number of hydrogen-bond acceptors (Lipinski definition) is 5. The van der Waals surface area contributed by atoms with Crippen LogP contribution < -0.4 is 5.32 Å². The summed E-state index contributed by atoms with van der Waals surface area (Å²) in [7, 11) is 1.40. The predicted octanol–water partition coefficient (Wildman–Crippen LogP) is 0.965. The summed E-state index contributed by atoms with van der Waals surface area (Å²) in [5, 5.41) is 3.07. The predicted molar refractivity (Wildman–Crippen MR) is 56.0 cm³/mol. The molecule has 0 spiro atoms. The first-order valence-electron chi connectivity index (χ1n) is 4.85. The van der Waals surface area contributed by atoms with Gasteiger partial charge in [-0.2, -0.15) is 0 Å². The molecular weight excluding hydrogens is 202 g/mol. The van der Waals surface area contributed by atoms with Gasteiger partial charge in [0.2, 0.25) is 0 Å². The van der Waals surface area contributed by atoms with Crippen LogP contribution in [0.25, 0.3) is 0 Å². The third-order valence-electron chi connectivity index (χ3n) is 2.00. The number of carbonyl (C=O) groups excluding carboxylic acids is 1. The van der Waals surface area contributed by atoms with E-state index in [9.17, 15) is 4.79 Å². The van der Waals surface area contributed by atoms with Crippen LogP contribution in [0.1, 0.15) is 19.8 Å². The number of rotatable bonds is 5. The monoisotopic (exact) mass is 219 g/mol. The van der Waals surface area contributed by atoms with E-state index < -0.39 is 0 Å². The van der Waals surface area contributed by atoms with Gasteiger partial charge in [-0.25, -0.2) is 0 Å². The summed E-state index contributed by atoms with van der Waals surface area (Å²) in [4.78, 5) is 11.1. The molecule has 1 heterocycles. The van der Waals surface area contributed by atoms with E-state index in [1.165, 1.54) is 7.11 Å². The lowest BCUT2D eigenvalue weighted by atomic mass is 10.3. The summed E-state index contributed by atoms with van der Waals surface area (Å²) in [6.45, 7) is 2.87. The van der Waals surface area contributed by atoms with Crippen LogP contribution in [0.5, 0.6) is 0 Å². The maximum atomic E-state index is 11.1. The second-order valence-corrected chi connectivity index (χ2v) is 4.23. The average Bonchev–Trinajstić information content (AvgIpc) is 2.66. The van der Waals surface area contributed by atoms with Gasteiger partial charge in [0, 0.05) is 12.4 Å². The minimum Gasteiger partial charge on any atom is -0.468 e. The Morgan fingerprint density at radius 3 is 3.07 bits per heavy atom. The van der Waals surface area contributed by atoms with Gasteiger partial charge in [0.15, 0.2) is 5.56 Å². The average molecular weight is 219 g/mol. The Balaban J connectivity index is 2.17. The molecule has 1 rings (SSSR count). The Bertz CT molecular complexity index is 189. The number of ether oxygens (including phenoxy) is 2. The SMILES string of the molecule is CCCCOC1NC(C(=O)OC)CS1. The van der Waals surface area contributed by atoms with E-state index in [4.69, 9.17) is 4.74 Å². The lowest BCUT2D eigenvalue weighted by Crippen LogP contribution is -2.38. The van der Waals surface area contributed by atoms with Gasteiger partial charge in [-0.15, -0.1) is 11.8 Å². The van der Waals surface area contributed by atoms with E-state index in [0.29, 0.717) is 0 Å². The zero-order valence-corrected chi connectivity index (χ0v) is 9.43. The lowest BCUT2D eigenvalue weighted by Gasteiger charge is -2.12. The fourth-order valence-electron chi connectivity index (χ4n) is 1.15. The zero-order valence-electron chi connectivity index (χ0n) is 8.62. The fourth-order valence-corrected chi connectivity index (χ4v) is 2.21. The first-order chi connectivity index (χ1) is 6.77. The van der Waals surface area contributed by atoms with E-state index in [2.05, 4.69) is 17.0 Å². The van der Waals surface area contributed by atoms with Gasteiger partial charge in [-0.1, -0.05) is 13.3 Å². The highest BCUT2D eigenvalue weighted by atomic mass is 32.2. The van der Waals surface area contributed by atoms with Crippen LogP contribution in [0.4, 0.5) is 0 Å². The van der Waals surface area contributed by atoms with Crippen LogP contribution in [0.3, 0.4) is 0 Å². The Morgan fingerprint density at radius 2 is 2.43 bits per heavy atom. The summed E-state index contributed by atoms with van der Waals surface area (Å²) in [6.07, 6.45) is 2.18. The molecule has 0 bridgehead atoms. The van der Waals surface area contributed by atoms with Gasteiger partial charge in [0.1, 0.15) is 6.04 Å². The number of hydrogen-bond donors (Lipinski definition) is 1. The lowest BCUT2D eigenvalue weighted by molar-refractivity contribution is -0.142. The molecule has 1 N–H and O–H groups in total. The maximum Gasteiger partial charge on any atom is 0.323 e. The molecule has 1 aliphatic heterocycles. The van der Waals surface area contributed by atoms with E-state index in [1.807, 2.05) is 0 Å². The van der Waals surface area contributed by atoms with Gasteiger partial charge < -0.3 is 9.47 Å². The summed E-state index contributed by atoms with van der Waals surface area (Å²) < 4.78 is 10.2. The van der Waals surface area contributed by atoms with Crippen molar-refractivity contribution in [2.75, 3.05) is 19.5 Å². The van der Waals surface area contributed by atoms with Crippen molar-refractivity contribution in [2.45, 2.75) is 31.4 Å². The summed E-state index contributed by atoms with van der Waals surface area (Å²) in [5.41, 5.74) is -0.0503. The molecule has 4 nitrogen and oxygen atoms in total. The summed E-state index contributed by atoms with van der Waals surface area (Å²) in [6, 6.07) is -0.211. The first-order valence-corrected chi connectivity index (χ1v) is 5.90. The van der Waals surface area contributed by atoms with E-state index >= 15 is 0 Å². The molecule has 0 aromatic carbocycles. The van der Waals surface area contributed by atoms with Gasteiger partial charge in [-0.05, 0) is 6.42 Å². The highest BCUT2D eigenvalue weighted by molar-refractivity contribution is 8.00. The van der Waals surface area contributed by atoms with Crippen molar-refractivity contribution in [2.24, 2.45) is 0 Å². The second-order valence-electron chi connectivity index (χ2n) is 3.13.